The molecule has 0 aliphatic heterocycles. The first-order valence-corrected chi connectivity index (χ1v) is 15.0. The Hall–Kier alpha value is -3.36. The topological polar surface area (TPSA) is 86.8 Å². The molecule has 0 unspecified atom stereocenters. The lowest BCUT2D eigenvalue weighted by Gasteiger charge is -2.32. The molecule has 1 atom stereocenters. The molecule has 1 fully saturated rings. The van der Waals surface area contributed by atoms with E-state index in [1.165, 1.54) is 17.0 Å². The van der Waals surface area contributed by atoms with E-state index in [9.17, 15) is 18.0 Å². The lowest BCUT2D eigenvalue weighted by atomic mass is 10.1. The van der Waals surface area contributed by atoms with Crippen molar-refractivity contribution in [2.75, 3.05) is 10.8 Å². The first-order valence-electron chi connectivity index (χ1n) is 13.1. The van der Waals surface area contributed by atoms with Crippen molar-refractivity contribution in [2.45, 2.75) is 63.1 Å². The summed E-state index contributed by atoms with van der Waals surface area (Å²) in [5.74, 6) is -0.731. The fraction of sp³-hybridized carbons (Fsp3) is 0.333. The van der Waals surface area contributed by atoms with Crippen LogP contribution in [0.5, 0.6) is 0 Å². The predicted molar refractivity (Wildman–Crippen MR) is 154 cm³/mol. The number of hydrogen-bond acceptors (Lipinski definition) is 4. The number of carbonyl (C=O) groups excluding carboxylic acids is 2. The van der Waals surface area contributed by atoms with Crippen LogP contribution in [0.25, 0.3) is 0 Å². The second-order valence-electron chi connectivity index (χ2n) is 9.97. The van der Waals surface area contributed by atoms with E-state index in [0.717, 1.165) is 41.1 Å². The molecule has 3 aromatic rings. The first-order chi connectivity index (χ1) is 18.6. The third kappa shape index (κ3) is 7.19. The summed E-state index contributed by atoms with van der Waals surface area (Å²) in [6.45, 7) is 3.35. The van der Waals surface area contributed by atoms with Crippen molar-refractivity contribution in [3.05, 3.63) is 95.0 Å². The highest BCUT2D eigenvalue weighted by Crippen LogP contribution is 2.26. The molecule has 9 heteroatoms. The van der Waals surface area contributed by atoms with E-state index in [0.29, 0.717) is 10.7 Å². The van der Waals surface area contributed by atoms with Gasteiger partial charge in [-0.3, -0.25) is 13.9 Å². The minimum Gasteiger partial charge on any atom is -0.352 e. The van der Waals surface area contributed by atoms with Crippen molar-refractivity contribution >= 4 is 39.1 Å². The van der Waals surface area contributed by atoms with Gasteiger partial charge in [-0.2, -0.15) is 0 Å². The van der Waals surface area contributed by atoms with Gasteiger partial charge < -0.3 is 10.2 Å². The van der Waals surface area contributed by atoms with Gasteiger partial charge in [0, 0.05) is 17.6 Å². The summed E-state index contributed by atoms with van der Waals surface area (Å²) in [7, 11) is -4.10. The molecular formula is C30H34ClN3O4S. The Kier molecular flexibility index (Phi) is 9.30. The van der Waals surface area contributed by atoms with Crippen molar-refractivity contribution in [1.82, 2.24) is 10.2 Å². The molecule has 0 radical (unpaired) electrons. The standard InChI is InChI=1S/C30H34ClN3O4S/c1-22-12-14-24(15-13-22)20-33(23(2)30(36)32-26-8-6-7-9-26)29(35)21-34(27-18-16-25(31)17-19-27)39(37,38)28-10-4-3-5-11-28/h3-5,10-19,23,26H,6-9,20-21H2,1-2H3,(H,32,36)/t23-/m1/s1. The molecule has 1 N–H and O–H groups in total. The summed E-state index contributed by atoms with van der Waals surface area (Å²) in [5, 5.41) is 3.52. The minimum absolute atomic E-state index is 0.0601. The number of hydrogen-bond donors (Lipinski definition) is 1. The van der Waals surface area contributed by atoms with E-state index < -0.39 is 28.5 Å². The Bertz CT molecular complexity index is 1370. The van der Waals surface area contributed by atoms with Gasteiger partial charge in [-0.05, 0) is 68.7 Å². The number of rotatable bonds is 10. The monoisotopic (exact) mass is 567 g/mol. The Morgan fingerprint density at radius 1 is 0.949 bits per heavy atom. The molecule has 39 heavy (non-hydrogen) atoms. The smallest absolute Gasteiger partial charge is 0.264 e. The van der Waals surface area contributed by atoms with E-state index in [1.807, 2.05) is 31.2 Å². The average molecular weight is 568 g/mol. The highest BCUT2D eigenvalue weighted by molar-refractivity contribution is 7.92. The predicted octanol–water partition coefficient (Wildman–Crippen LogP) is 5.32. The number of benzene rings is 3. The van der Waals surface area contributed by atoms with Gasteiger partial charge in [0.05, 0.1) is 10.6 Å². The maximum absolute atomic E-state index is 13.9. The zero-order chi connectivity index (χ0) is 28.0. The Morgan fingerprint density at radius 2 is 1.56 bits per heavy atom. The van der Waals surface area contributed by atoms with E-state index in [-0.39, 0.29) is 23.4 Å². The minimum atomic E-state index is -4.10. The normalized spacial score (nSPS) is 14.5. The fourth-order valence-electron chi connectivity index (χ4n) is 4.72. The highest BCUT2D eigenvalue weighted by Gasteiger charge is 2.33. The largest absolute Gasteiger partial charge is 0.352 e. The van der Waals surface area contributed by atoms with Crippen LogP contribution in [0.2, 0.25) is 5.02 Å². The van der Waals surface area contributed by atoms with Crippen LogP contribution in [-0.4, -0.2) is 43.8 Å². The van der Waals surface area contributed by atoms with Gasteiger partial charge in [0.2, 0.25) is 11.8 Å². The second-order valence-corrected chi connectivity index (χ2v) is 12.3. The number of aryl methyl sites for hydroxylation is 1. The molecule has 2 amide bonds. The first kappa shape index (κ1) is 28.6. The van der Waals surface area contributed by atoms with Crippen molar-refractivity contribution < 1.29 is 18.0 Å². The van der Waals surface area contributed by atoms with Gasteiger partial charge in [-0.15, -0.1) is 0 Å². The molecular weight excluding hydrogens is 534 g/mol. The van der Waals surface area contributed by atoms with Gasteiger partial charge in [0.25, 0.3) is 10.0 Å². The van der Waals surface area contributed by atoms with E-state index >= 15 is 0 Å². The van der Waals surface area contributed by atoms with Gasteiger partial charge in [0.1, 0.15) is 12.6 Å². The maximum Gasteiger partial charge on any atom is 0.264 e. The molecule has 0 saturated heterocycles. The molecule has 3 aromatic carbocycles. The number of sulfonamides is 1. The Labute approximate surface area is 235 Å². The van der Waals surface area contributed by atoms with Crippen molar-refractivity contribution in [3.8, 4) is 0 Å². The van der Waals surface area contributed by atoms with Crippen LogP contribution in [0, 0.1) is 6.92 Å². The molecule has 1 aliphatic carbocycles. The quantitative estimate of drug-likeness (QED) is 0.359. The van der Waals surface area contributed by atoms with Gasteiger partial charge in [0.15, 0.2) is 0 Å². The van der Waals surface area contributed by atoms with E-state index in [2.05, 4.69) is 5.32 Å². The summed E-state index contributed by atoms with van der Waals surface area (Å²) < 4.78 is 28.6. The van der Waals surface area contributed by atoms with Gasteiger partial charge in [-0.25, -0.2) is 8.42 Å². The molecule has 0 spiro atoms. The Balaban J connectivity index is 1.66. The fourth-order valence-corrected chi connectivity index (χ4v) is 6.28. The van der Waals surface area contributed by atoms with Crippen molar-refractivity contribution in [3.63, 3.8) is 0 Å². The zero-order valence-corrected chi connectivity index (χ0v) is 23.8. The summed E-state index contributed by atoms with van der Waals surface area (Å²) in [6, 6.07) is 21.3. The van der Waals surface area contributed by atoms with Crippen LogP contribution in [0.15, 0.2) is 83.8 Å². The van der Waals surface area contributed by atoms with Crippen LogP contribution in [0.3, 0.4) is 0 Å². The molecule has 4 rings (SSSR count). The third-order valence-corrected chi connectivity index (χ3v) is 9.11. The molecule has 0 aromatic heterocycles. The van der Waals surface area contributed by atoms with Crippen LogP contribution in [0.4, 0.5) is 5.69 Å². The van der Waals surface area contributed by atoms with Crippen LogP contribution in [-0.2, 0) is 26.2 Å². The molecule has 7 nitrogen and oxygen atoms in total. The van der Waals surface area contributed by atoms with Gasteiger partial charge in [-0.1, -0.05) is 72.5 Å². The second kappa shape index (κ2) is 12.7. The van der Waals surface area contributed by atoms with E-state index in [1.54, 1.807) is 49.4 Å². The number of anilines is 1. The number of carbonyl (C=O) groups is 2. The average Bonchev–Trinajstić information content (AvgIpc) is 3.45. The number of nitrogens with zero attached hydrogens (tertiary/aromatic N) is 2. The molecule has 1 saturated carbocycles. The van der Waals surface area contributed by atoms with Crippen molar-refractivity contribution in [2.24, 2.45) is 0 Å². The van der Waals surface area contributed by atoms with Crippen LogP contribution in [0.1, 0.15) is 43.7 Å². The molecule has 0 heterocycles. The summed E-state index contributed by atoms with van der Waals surface area (Å²) in [6.07, 6.45) is 3.98. The SMILES string of the molecule is Cc1ccc(CN(C(=O)CN(c2ccc(Cl)cc2)S(=O)(=O)c2ccccc2)[C@H](C)C(=O)NC2CCCC2)cc1. The van der Waals surface area contributed by atoms with Crippen molar-refractivity contribution in [1.29, 1.82) is 0 Å². The summed E-state index contributed by atoms with van der Waals surface area (Å²) >= 11 is 6.06. The molecule has 0 bridgehead atoms. The maximum atomic E-state index is 13.9. The lowest BCUT2D eigenvalue weighted by molar-refractivity contribution is -0.139. The number of amides is 2. The molecule has 1 aliphatic rings. The van der Waals surface area contributed by atoms with E-state index in [4.69, 9.17) is 11.6 Å². The molecule has 206 valence electrons. The van der Waals surface area contributed by atoms with Gasteiger partial charge >= 0.3 is 0 Å². The number of nitrogens with one attached hydrogen (secondary N) is 1. The number of halogens is 1. The lowest BCUT2D eigenvalue weighted by Crippen LogP contribution is -2.52. The zero-order valence-electron chi connectivity index (χ0n) is 22.2. The Morgan fingerprint density at radius 3 is 2.18 bits per heavy atom. The highest BCUT2D eigenvalue weighted by atomic mass is 35.5. The third-order valence-electron chi connectivity index (χ3n) is 7.07. The summed E-state index contributed by atoms with van der Waals surface area (Å²) in [4.78, 5) is 28.7. The van der Waals surface area contributed by atoms with Crippen LogP contribution < -0.4 is 9.62 Å². The van der Waals surface area contributed by atoms with Crippen LogP contribution >= 0.6 is 11.6 Å². The summed E-state index contributed by atoms with van der Waals surface area (Å²) in [5.41, 5.74) is 2.22.